The highest BCUT2D eigenvalue weighted by Crippen LogP contribution is 2.13. The number of carboxylic acids is 1. The van der Waals surface area contributed by atoms with E-state index in [1.165, 1.54) is 29.6 Å². The predicted octanol–water partition coefficient (Wildman–Crippen LogP) is 1.85. The van der Waals surface area contributed by atoms with Crippen molar-refractivity contribution in [1.82, 2.24) is 15.0 Å². The largest absolute Gasteiger partial charge is 0.476 e. The summed E-state index contributed by atoms with van der Waals surface area (Å²) in [6, 6.07) is 5.39. The molecule has 0 spiro atoms. The summed E-state index contributed by atoms with van der Waals surface area (Å²) >= 11 is 1.13. The molecule has 1 atom stereocenters. The first-order valence-electron chi connectivity index (χ1n) is 7.81. The zero-order valence-corrected chi connectivity index (χ0v) is 15.9. The molecule has 2 rings (SSSR count). The van der Waals surface area contributed by atoms with Gasteiger partial charge in [-0.25, -0.2) is 22.9 Å². The van der Waals surface area contributed by atoms with Gasteiger partial charge in [-0.1, -0.05) is 6.92 Å². The lowest BCUT2D eigenvalue weighted by molar-refractivity contribution is 0.0691. The van der Waals surface area contributed by atoms with E-state index < -0.39 is 21.9 Å². The number of benzene rings is 1. The van der Waals surface area contributed by atoms with E-state index in [0.717, 1.165) is 11.3 Å². The minimum absolute atomic E-state index is 0.0670. The van der Waals surface area contributed by atoms with Gasteiger partial charge in [0.25, 0.3) is 5.91 Å². The van der Waals surface area contributed by atoms with Crippen molar-refractivity contribution in [2.75, 3.05) is 0 Å². The molecule has 0 saturated carbocycles. The number of nitrogens with one attached hydrogen (secondary N) is 2. The van der Waals surface area contributed by atoms with Crippen LogP contribution in [0.15, 0.2) is 34.5 Å². The molecular formula is C16H19N3O5S2. The van der Waals surface area contributed by atoms with Crippen LogP contribution < -0.4 is 10.0 Å². The molecule has 0 fully saturated rings. The van der Waals surface area contributed by atoms with Crippen molar-refractivity contribution in [3.63, 3.8) is 0 Å². The Hall–Kier alpha value is -2.30. The highest BCUT2D eigenvalue weighted by molar-refractivity contribution is 7.89. The smallest absolute Gasteiger partial charge is 0.355 e. The number of aromatic nitrogens is 1. The van der Waals surface area contributed by atoms with Gasteiger partial charge < -0.3 is 10.4 Å². The van der Waals surface area contributed by atoms with Gasteiger partial charge >= 0.3 is 5.97 Å². The molecule has 0 aliphatic carbocycles. The first-order chi connectivity index (χ1) is 12.2. The van der Waals surface area contributed by atoms with Crippen LogP contribution in [0.2, 0.25) is 0 Å². The van der Waals surface area contributed by atoms with Gasteiger partial charge in [0.1, 0.15) is 5.01 Å². The predicted molar refractivity (Wildman–Crippen MR) is 96.8 cm³/mol. The van der Waals surface area contributed by atoms with E-state index in [1.807, 2.05) is 6.92 Å². The van der Waals surface area contributed by atoms with Gasteiger partial charge in [-0.05, 0) is 37.6 Å². The number of sulfonamides is 1. The molecule has 8 nitrogen and oxygen atoms in total. The molecule has 2 aromatic rings. The Morgan fingerprint density at radius 2 is 1.92 bits per heavy atom. The molecule has 1 unspecified atom stereocenters. The third-order valence-electron chi connectivity index (χ3n) is 3.57. The summed E-state index contributed by atoms with van der Waals surface area (Å²) < 4.78 is 26.9. The molecule has 10 heteroatoms. The maximum atomic E-state index is 12.2. The van der Waals surface area contributed by atoms with Crippen molar-refractivity contribution in [2.45, 2.75) is 37.8 Å². The Morgan fingerprint density at radius 3 is 2.46 bits per heavy atom. The van der Waals surface area contributed by atoms with Crippen LogP contribution in [0.25, 0.3) is 0 Å². The molecule has 0 aliphatic heterocycles. The van der Waals surface area contributed by atoms with E-state index in [4.69, 9.17) is 5.11 Å². The van der Waals surface area contributed by atoms with Crippen molar-refractivity contribution in [2.24, 2.45) is 0 Å². The summed E-state index contributed by atoms with van der Waals surface area (Å²) in [7, 11) is -3.62. The van der Waals surface area contributed by atoms with Crippen LogP contribution in [0.5, 0.6) is 0 Å². The van der Waals surface area contributed by atoms with Crippen LogP contribution in [-0.2, 0) is 16.6 Å². The van der Waals surface area contributed by atoms with Crippen molar-refractivity contribution < 1.29 is 23.1 Å². The molecule has 0 saturated heterocycles. The van der Waals surface area contributed by atoms with E-state index in [0.29, 0.717) is 17.0 Å². The fraction of sp³-hybridized carbons (Fsp3) is 0.312. The maximum Gasteiger partial charge on any atom is 0.355 e. The number of nitrogens with zero attached hydrogens (tertiary/aromatic N) is 1. The number of carboxylic acid groups (broad SMARTS) is 1. The number of hydrogen-bond donors (Lipinski definition) is 3. The lowest BCUT2D eigenvalue weighted by Crippen LogP contribution is -2.32. The average molecular weight is 397 g/mol. The second-order valence-electron chi connectivity index (χ2n) is 5.57. The van der Waals surface area contributed by atoms with Gasteiger partial charge in [0, 0.05) is 17.0 Å². The number of aromatic carboxylic acids is 1. The fourth-order valence-electron chi connectivity index (χ4n) is 1.95. The molecule has 1 aromatic heterocycles. The Kier molecular flexibility index (Phi) is 6.46. The van der Waals surface area contributed by atoms with Crippen LogP contribution in [0.3, 0.4) is 0 Å². The Balaban J connectivity index is 2.00. The van der Waals surface area contributed by atoms with Gasteiger partial charge in [-0.15, -0.1) is 11.3 Å². The third-order valence-corrected chi connectivity index (χ3v) is 6.02. The Morgan fingerprint density at radius 1 is 1.27 bits per heavy atom. The van der Waals surface area contributed by atoms with Gasteiger partial charge in [0.05, 0.1) is 11.4 Å². The number of carbonyl (C=O) groups is 2. The maximum absolute atomic E-state index is 12.2. The lowest BCUT2D eigenvalue weighted by Gasteiger charge is -2.12. The quantitative estimate of drug-likeness (QED) is 0.624. The highest BCUT2D eigenvalue weighted by Gasteiger charge is 2.17. The fourth-order valence-corrected chi connectivity index (χ4v) is 3.98. The normalized spacial score (nSPS) is 12.5. The monoisotopic (exact) mass is 397 g/mol. The lowest BCUT2D eigenvalue weighted by atomic mass is 10.2. The molecular weight excluding hydrogens is 378 g/mol. The Labute approximate surface area is 155 Å². The topological polar surface area (TPSA) is 125 Å². The third kappa shape index (κ3) is 5.10. The zero-order chi connectivity index (χ0) is 19.3. The molecule has 1 heterocycles. The average Bonchev–Trinajstić information content (AvgIpc) is 3.08. The van der Waals surface area contributed by atoms with E-state index in [1.54, 1.807) is 6.92 Å². The summed E-state index contributed by atoms with van der Waals surface area (Å²) in [6.07, 6.45) is 0.667. The van der Waals surface area contributed by atoms with E-state index in [2.05, 4.69) is 15.0 Å². The standard InChI is InChI=1S/C16H19N3O5S2/c1-3-10(2)19-26(23,24)12-6-4-11(5-7-12)15(20)17-8-14-18-13(9-25-14)16(21)22/h4-7,9-10,19H,3,8H2,1-2H3,(H,17,20)(H,21,22). The van der Waals surface area contributed by atoms with Crippen molar-refractivity contribution in [3.05, 3.63) is 45.9 Å². The second kappa shape index (κ2) is 8.39. The molecule has 0 bridgehead atoms. The zero-order valence-electron chi connectivity index (χ0n) is 14.2. The molecule has 1 amide bonds. The molecule has 140 valence electrons. The number of thiazole rings is 1. The van der Waals surface area contributed by atoms with Crippen molar-refractivity contribution in [3.8, 4) is 0 Å². The number of amides is 1. The summed E-state index contributed by atoms with van der Waals surface area (Å²) in [5.74, 6) is -1.53. The van der Waals surface area contributed by atoms with Crippen molar-refractivity contribution in [1.29, 1.82) is 0 Å². The van der Waals surface area contributed by atoms with E-state index >= 15 is 0 Å². The SMILES string of the molecule is CCC(C)NS(=O)(=O)c1ccc(C(=O)NCc2nc(C(=O)O)cs2)cc1. The van der Waals surface area contributed by atoms with Gasteiger partial charge in [-0.2, -0.15) is 0 Å². The molecule has 0 radical (unpaired) electrons. The van der Waals surface area contributed by atoms with Crippen LogP contribution in [-0.4, -0.2) is 36.4 Å². The summed E-state index contributed by atoms with van der Waals surface area (Å²) in [5.41, 5.74) is 0.227. The molecule has 26 heavy (non-hydrogen) atoms. The molecule has 1 aromatic carbocycles. The minimum atomic E-state index is -3.62. The summed E-state index contributed by atoms with van der Waals surface area (Å²) in [5, 5.41) is 13.3. The van der Waals surface area contributed by atoms with Crippen LogP contribution in [0.4, 0.5) is 0 Å². The Bertz CT molecular complexity index is 891. The number of rotatable bonds is 8. The van der Waals surface area contributed by atoms with E-state index in [-0.39, 0.29) is 23.2 Å². The van der Waals surface area contributed by atoms with Crippen LogP contribution in [0, 0.1) is 0 Å². The first kappa shape index (κ1) is 20.0. The van der Waals surface area contributed by atoms with E-state index in [9.17, 15) is 18.0 Å². The summed E-state index contributed by atoms with van der Waals surface area (Å²) in [6.45, 7) is 3.74. The van der Waals surface area contributed by atoms with Crippen molar-refractivity contribution >= 4 is 33.2 Å². The van der Waals surface area contributed by atoms with Gasteiger partial charge in [0.15, 0.2) is 5.69 Å². The molecule has 3 N–H and O–H groups in total. The van der Waals surface area contributed by atoms with Crippen LogP contribution >= 0.6 is 11.3 Å². The highest BCUT2D eigenvalue weighted by atomic mass is 32.2. The first-order valence-corrected chi connectivity index (χ1v) is 10.2. The van der Waals surface area contributed by atoms with Gasteiger partial charge in [-0.3, -0.25) is 4.79 Å². The van der Waals surface area contributed by atoms with Gasteiger partial charge in [0.2, 0.25) is 10.0 Å². The number of hydrogen-bond acceptors (Lipinski definition) is 6. The molecule has 0 aliphatic rings. The summed E-state index contributed by atoms with van der Waals surface area (Å²) in [4.78, 5) is 26.9. The number of carbonyl (C=O) groups excluding carboxylic acids is 1. The minimum Gasteiger partial charge on any atom is -0.476 e. The second-order valence-corrected chi connectivity index (χ2v) is 8.23. The van der Waals surface area contributed by atoms with Crippen LogP contribution in [0.1, 0.15) is 46.1 Å².